The van der Waals surface area contributed by atoms with Crippen LogP contribution in [0.15, 0.2) is 4.99 Å². The van der Waals surface area contributed by atoms with Gasteiger partial charge in [-0.1, -0.05) is 65.7 Å². The van der Waals surface area contributed by atoms with E-state index in [4.69, 9.17) is 5.41 Å². The molecule has 19 heavy (non-hydrogen) atoms. The van der Waals surface area contributed by atoms with Crippen molar-refractivity contribution >= 4 is 6.01 Å². The van der Waals surface area contributed by atoms with Crippen LogP contribution < -0.4 is 0 Å². The molecule has 0 fully saturated rings. The number of nitrogens with zero attached hydrogens (tertiary/aromatic N) is 1. The number of rotatable bonds is 12. The second-order valence-corrected chi connectivity index (χ2v) is 6.66. The molecule has 1 unspecified atom stereocenters. The van der Waals surface area contributed by atoms with Crippen molar-refractivity contribution in [2.75, 3.05) is 0 Å². The van der Waals surface area contributed by atoms with Gasteiger partial charge in [-0.25, -0.2) is 10.4 Å². The molecule has 0 aromatic heterocycles. The summed E-state index contributed by atoms with van der Waals surface area (Å²) in [5.41, 5.74) is 0.535. The molecule has 0 rings (SSSR count). The Bertz CT molecular complexity index is 252. The maximum absolute atomic E-state index is 6.80. The summed E-state index contributed by atoms with van der Waals surface area (Å²) >= 11 is 0. The van der Waals surface area contributed by atoms with Crippen LogP contribution in [-0.2, 0) is 0 Å². The third-order valence-corrected chi connectivity index (χ3v) is 3.97. The van der Waals surface area contributed by atoms with Crippen LogP contribution in [0.1, 0.15) is 91.9 Å². The minimum Gasteiger partial charge on any atom is -0.242 e. The molecule has 0 radical (unpaired) electrons. The molecular weight excluding hydrogens is 232 g/mol. The Labute approximate surface area is 120 Å². The van der Waals surface area contributed by atoms with Crippen LogP contribution in [0.4, 0.5) is 0 Å². The Morgan fingerprint density at radius 1 is 1.00 bits per heavy atom. The van der Waals surface area contributed by atoms with Gasteiger partial charge in [-0.3, -0.25) is 0 Å². The quantitative estimate of drug-likeness (QED) is 0.328. The van der Waals surface area contributed by atoms with E-state index in [1.165, 1.54) is 57.8 Å². The summed E-state index contributed by atoms with van der Waals surface area (Å²) in [6.07, 6.45) is 13.2. The summed E-state index contributed by atoms with van der Waals surface area (Å²) in [7, 11) is 0. The molecule has 0 aromatic carbocycles. The van der Waals surface area contributed by atoms with Gasteiger partial charge in [0.1, 0.15) is 0 Å². The normalized spacial score (nSPS) is 13.1. The summed E-state index contributed by atoms with van der Waals surface area (Å²) in [5.74, 6) is 0. The van der Waals surface area contributed by atoms with Gasteiger partial charge in [0.25, 0.3) is 0 Å². The van der Waals surface area contributed by atoms with Crippen LogP contribution in [0.5, 0.6) is 0 Å². The first-order valence-corrected chi connectivity index (χ1v) is 8.13. The van der Waals surface area contributed by atoms with Crippen LogP contribution in [0.2, 0.25) is 0 Å². The third kappa shape index (κ3) is 12.2. The van der Waals surface area contributed by atoms with Crippen LogP contribution in [0.25, 0.3) is 0 Å². The van der Waals surface area contributed by atoms with Crippen molar-refractivity contribution in [2.24, 2.45) is 10.4 Å². The molecule has 0 aliphatic heterocycles. The van der Waals surface area contributed by atoms with E-state index in [1.54, 1.807) is 0 Å². The van der Waals surface area contributed by atoms with E-state index in [2.05, 4.69) is 38.7 Å². The lowest BCUT2D eigenvalue weighted by Gasteiger charge is -2.24. The van der Waals surface area contributed by atoms with E-state index < -0.39 is 0 Å². The molecule has 0 aromatic rings. The minimum absolute atomic E-state index is 0.281. The first kappa shape index (κ1) is 18.4. The predicted octanol–water partition coefficient (Wildman–Crippen LogP) is 6.07. The molecule has 0 amide bonds. The molecule has 2 heteroatoms. The second kappa shape index (κ2) is 11.2. The fraction of sp³-hybridized carbons (Fsp3) is 0.941. The van der Waals surface area contributed by atoms with Gasteiger partial charge in [-0.05, 0) is 31.6 Å². The van der Waals surface area contributed by atoms with E-state index in [0.29, 0.717) is 5.41 Å². The summed E-state index contributed by atoms with van der Waals surface area (Å²) < 4.78 is 0. The van der Waals surface area contributed by atoms with Crippen molar-refractivity contribution in [3.63, 3.8) is 0 Å². The van der Waals surface area contributed by atoms with Gasteiger partial charge in [0.05, 0.1) is 12.1 Å². The van der Waals surface area contributed by atoms with E-state index in [1.807, 2.05) is 0 Å². The number of hydrogen-bond acceptors (Lipinski definition) is 2. The zero-order valence-electron chi connectivity index (χ0n) is 13.6. The molecule has 112 valence electrons. The number of unbranched alkanes of at least 4 members (excludes halogenated alkanes) is 5. The Morgan fingerprint density at radius 3 is 2.16 bits per heavy atom. The lowest BCUT2D eigenvalue weighted by molar-refractivity contribution is 0.283. The second-order valence-electron chi connectivity index (χ2n) is 6.66. The van der Waals surface area contributed by atoms with Crippen LogP contribution in [0, 0.1) is 10.8 Å². The monoisotopic (exact) mass is 266 g/mol. The summed E-state index contributed by atoms with van der Waals surface area (Å²) in [6.45, 7) is 9.18. The largest absolute Gasteiger partial charge is 0.242 e. The topological polar surface area (TPSA) is 36.2 Å². The highest BCUT2D eigenvalue weighted by atomic mass is 14.8. The van der Waals surface area contributed by atoms with Gasteiger partial charge in [0.2, 0.25) is 0 Å². The van der Waals surface area contributed by atoms with Gasteiger partial charge in [0.15, 0.2) is 0 Å². The average molecular weight is 266 g/mol. The summed E-state index contributed by atoms with van der Waals surface area (Å²) in [4.78, 5) is 3.94. The molecule has 0 aliphatic rings. The van der Waals surface area contributed by atoms with Gasteiger partial charge in [-0.2, -0.15) is 0 Å². The van der Waals surface area contributed by atoms with Crippen molar-refractivity contribution in [1.29, 1.82) is 5.41 Å². The van der Waals surface area contributed by atoms with Crippen molar-refractivity contribution in [2.45, 2.75) is 97.9 Å². The third-order valence-electron chi connectivity index (χ3n) is 3.97. The summed E-state index contributed by atoms with van der Waals surface area (Å²) in [5, 5.41) is 6.80. The fourth-order valence-corrected chi connectivity index (χ4v) is 2.55. The van der Waals surface area contributed by atoms with Gasteiger partial charge in [0, 0.05) is 0 Å². The molecule has 1 N–H and O–H groups in total. The fourth-order valence-electron chi connectivity index (χ4n) is 2.55. The SMILES string of the molecule is CCCCCC(C)(C)CCCCCCC(C)N=C=N. The maximum Gasteiger partial charge on any atom is 0.0864 e. The highest BCUT2D eigenvalue weighted by Crippen LogP contribution is 2.30. The molecule has 0 spiro atoms. The molecule has 2 nitrogen and oxygen atoms in total. The standard InChI is InChI=1S/C17H34N2/c1-5-6-10-13-17(3,4)14-11-8-7-9-12-16(2)19-15-18/h16,18H,5-14H2,1-4H3. The molecule has 1 atom stereocenters. The zero-order valence-corrected chi connectivity index (χ0v) is 13.6. The smallest absolute Gasteiger partial charge is 0.0864 e. The molecule has 0 saturated heterocycles. The average Bonchev–Trinajstić information content (AvgIpc) is 2.34. The van der Waals surface area contributed by atoms with Crippen molar-refractivity contribution in [3.8, 4) is 0 Å². The highest BCUT2D eigenvalue weighted by molar-refractivity contribution is 5.36. The Balaban J connectivity index is 3.49. The van der Waals surface area contributed by atoms with Crippen LogP contribution >= 0.6 is 0 Å². The zero-order chi connectivity index (χ0) is 14.6. The molecule has 0 aliphatic carbocycles. The Morgan fingerprint density at radius 2 is 1.58 bits per heavy atom. The number of aliphatic imine (C=N–C) groups is 1. The molecule has 0 heterocycles. The van der Waals surface area contributed by atoms with E-state index in [0.717, 1.165) is 6.42 Å². The predicted molar refractivity (Wildman–Crippen MR) is 85.2 cm³/mol. The van der Waals surface area contributed by atoms with Crippen molar-refractivity contribution in [1.82, 2.24) is 0 Å². The Hall–Kier alpha value is -0.620. The van der Waals surface area contributed by atoms with Gasteiger partial charge < -0.3 is 0 Å². The first-order valence-electron chi connectivity index (χ1n) is 8.13. The summed E-state index contributed by atoms with van der Waals surface area (Å²) in [6, 6.07) is 2.42. The molecule has 0 bridgehead atoms. The van der Waals surface area contributed by atoms with Crippen LogP contribution in [-0.4, -0.2) is 12.1 Å². The van der Waals surface area contributed by atoms with E-state index in [-0.39, 0.29) is 6.04 Å². The molecule has 0 saturated carbocycles. The van der Waals surface area contributed by atoms with E-state index >= 15 is 0 Å². The molecular formula is C17H34N2. The Kier molecular flexibility index (Phi) is 10.9. The lowest BCUT2D eigenvalue weighted by atomic mass is 9.82. The number of hydrogen-bond donors (Lipinski definition) is 1. The maximum atomic E-state index is 6.80. The highest BCUT2D eigenvalue weighted by Gasteiger charge is 2.16. The lowest BCUT2D eigenvalue weighted by Crippen LogP contribution is -2.11. The van der Waals surface area contributed by atoms with Gasteiger partial charge >= 0.3 is 0 Å². The van der Waals surface area contributed by atoms with Crippen molar-refractivity contribution < 1.29 is 0 Å². The van der Waals surface area contributed by atoms with E-state index in [9.17, 15) is 0 Å². The van der Waals surface area contributed by atoms with Crippen LogP contribution in [0.3, 0.4) is 0 Å². The first-order chi connectivity index (χ1) is 9.02. The van der Waals surface area contributed by atoms with Crippen molar-refractivity contribution in [3.05, 3.63) is 0 Å². The number of nitrogens with one attached hydrogen (secondary N) is 1. The van der Waals surface area contributed by atoms with Gasteiger partial charge in [-0.15, -0.1) is 0 Å². The minimum atomic E-state index is 0.281.